The van der Waals surface area contributed by atoms with E-state index < -0.39 is 0 Å². The summed E-state index contributed by atoms with van der Waals surface area (Å²) in [4.78, 5) is 30.3. The van der Waals surface area contributed by atoms with Crippen molar-refractivity contribution >= 4 is 34.3 Å². The Morgan fingerprint density at radius 3 is 2.64 bits per heavy atom. The van der Waals surface area contributed by atoms with Crippen LogP contribution >= 0.6 is 11.8 Å². The van der Waals surface area contributed by atoms with Crippen LogP contribution in [0.1, 0.15) is 32.3 Å². The number of amides is 1. The molecular weight excluding hydrogens is 370 g/mol. The van der Waals surface area contributed by atoms with Crippen LogP contribution < -0.4 is 10.9 Å². The van der Waals surface area contributed by atoms with Crippen molar-refractivity contribution in [1.29, 1.82) is 0 Å². The monoisotopic (exact) mass is 395 g/mol. The highest BCUT2D eigenvalue weighted by Gasteiger charge is 2.19. The number of thioether (sulfide) groups is 1. The molecule has 3 aromatic rings. The minimum absolute atomic E-state index is 0.0481. The van der Waals surface area contributed by atoms with Crippen molar-refractivity contribution in [3.8, 4) is 0 Å². The van der Waals surface area contributed by atoms with Crippen molar-refractivity contribution in [3.05, 3.63) is 64.4 Å². The van der Waals surface area contributed by atoms with E-state index in [0.717, 1.165) is 24.1 Å². The maximum atomic E-state index is 13.0. The van der Waals surface area contributed by atoms with Crippen LogP contribution in [-0.4, -0.2) is 20.7 Å². The van der Waals surface area contributed by atoms with Crippen molar-refractivity contribution in [1.82, 2.24) is 9.55 Å². The van der Waals surface area contributed by atoms with Crippen molar-refractivity contribution in [2.24, 2.45) is 0 Å². The molecule has 0 aliphatic heterocycles. The van der Waals surface area contributed by atoms with Crippen LogP contribution in [0.4, 0.5) is 5.69 Å². The molecule has 0 aliphatic rings. The number of aromatic nitrogens is 2. The van der Waals surface area contributed by atoms with Crippen LogP contribution in [0.3, 0.4) is 0 Å². The minimum Gasteiger partial charge on any atom is -0.325 e. The average Bonchev–Trinajstić information content (AvgIpc) is 2.69. The molecule has 1 aromatic heterocycles. The zero-order valence-electron chi connectivity index (χ0n) is 16.4. The van der Waals surface area contributed by atoms with E-state index in [4.69, 9.17) is 0 Å². The molecule has 0 bridgehead atoms. The Kier molecular flexibility index (Phi) is 6.52. The van der Waals surface area contributed by atoms with E-state index in [-0.39, 0.29) is 16.7 Å². The van der Waals surface area contributed by atoms with Gasteiger partial charge in [-0.15, -0.1) is 0 Å². The topological polar surface area (TPSA) is 64.0 Å². The molecule has 6 heteroatoms. The summed E-state index contributed by atoms with van der Waals surface area (Å²) in [5, 5.41) is 3.78. The van der Waals surface area contributed by atoms with Gasteiger partial charge in [-0.25, -0.2) is 4.98 Å². The molecule has 5 nitrogen and oxygen atoms in total. The first-order valence-electron chi connectivity index (χ1n) is 9.54. The Morgan fingerprint density at radius 1 is 1.18 bits per heavy atom. The number of carbonyl (C=O) groups excluding carboxylic acids is 1. The first-order chi connectivity index (χ1) is 13.5. The largest absolute Gasteiger partial charge is 0.325 e. The second-order valence-electron chi connectivity index (χ2n) is 6.79. The molecule has 0 radical (unpaired) electrons. The molecule has 1 heterocycles. The minimum atomic E-state index is -0.388. The fraction of sp³-hybridized carbons (Fsp3) is 0.318. The van der Waals surface area contributed by atoms with Gasteiger partial charge in [-0.05, 0) is 44.0 Å². The van der Waals surface area contributed by atoms with Crippen LogP contribution in [0.15, 0.2) is 58.5 Å². The Morgan fingerprint density at radius 2 is 1.89 bits per heavy atom. The number of carbonyl (C=O) groups is 1. The second kappa shape index (κ2) is 9.06. The average molecular weight is 396 g/mol. The van der Waals surface area contributed by atoms with Gasteiger partial charge in [-0.3, -0.25) is 14.2 Å². The van der Waals surface area contributed by atoms with Crippen LogP contribution in [-0.2, 0) is 11.3 Å². The molecular formula is C22H25N3O2S. The zero-order chi connectivity index (χ0) is 20.1. The van der Waals surface area contributed by atoms with Gasteiger partial charge >= 0.3 is 0 Å². The fourth-order valence-corrected chi connectivity index (χ4v) is 3.84. The lowest BCUT2D eigenvalue weighted by molar-refractivity contribution is -0.115. The molecule has 3 rings (SSSR count). The number of para-hydroxylation sites is 2. The number of hydrogen-bond acceptors (Lipinski definition) is 4. The normalized spacial score (nSPS) is 12.1. The van der Waals surface area contributed by atoms with Gasteiger partial charge in [0.15, 0.2) is 5.16 Å². The number of benzene rings is 2. The number of nitrogens with zero attached hydrogens (tertiary/aromatic N) is 2. The van der Waals surface area contributed by atoms with Crippen LogP contribution in [0.25, 0.3) is 10.9 Å². The van der Waals surface area contributed by atoms with Gasteiger partial charge in [-0.1, -0.05) is 55.4 Å². The zero-order valence-corrected chi connectivity index (χ0v) is 17.3. The number of hydrogen-bond donors (Lipinski definition) is 1. The Balaban J connectivity index is 1.88. The van der Waals surface area contributed by atoms with Crippen LogP contribution in [0.2, 0.25) is 0 Å². The highest BCUT2D eigenvalue weighted by molar-refractivity contribution is 8.00. The smallest absolute Gasteiger partial charge is 0.262 e. The molecule has 0 fully saturated rings. The lowest BCUT2D eigenvalue weighted by Gasteiger charge is -2.17. The van der Waals surface area contributed by atoms with E-state index in [1.165, 1.54) is 11.8 Å². The number of aryl methyl sites for hydroxylation is 1. The third-order valence-electron chi connectivity index (χ3n) is 4.62. The summed E-state index contributed by atoms with van der Waals surface area (Å²) in [7, 11) is 0. The molecule has 0 spiro atoms. The highest BCUT2D eigenvalue weighted by Crippen LogP contribution is 2.24. The molecule has 146 valence electrons. The third-order valence-corrected chi connectivity index (χ3v) is 5.71. The van der Waals surface area contributed by atoms with E-state index in [0.29, 0.717) is 22.6 Å². The first-order valence-corrected chi connectivity index (χ1v) is 10.4. The number of fused-ring (bicyclic) bond motifs is 1. The van der Waals surface area contributed by atoms with Crippen molar-refractivity contribution in [3.63, 3.8) is 0 Å². The molecule has 1 amide bonds. The maximum Gasteiger partial charge on any atom is 0.262 e. The lowest BCUT2D eigenvalue weighted by Crippen LogP contribution is -2.27. The second-order valence-corrected chi connectivity index (χ2v) is 8.09. The van der Waals surface area contributed by atoms with E-state index >= 15 is 0 Å². The molecule has 0 saturated carbocycles. The molecule has 0 aliphatic carbocycles. The van der Waals surface area contributed by atoms with Gasteiger partial charge in [0.1, 0.15) is 0 Å². The summed E-state index contributed by atoms with van der Waals surface area (Å²) in [5.74, 6) is -0.108. The first kappa shape index (κ1) is 20.1. The van der Waals surface area contributed by atoms with E-state index in [2.05, 4.69) is 17.2 Å². The molecule has 2 aromatic carbocycles. The molecule has 28 heavy (non-hydrogen) atoms. The quantitative estimate of drug-likeness (QED) is 0.468. The fourth-order valence-electron chi connectivity index (χ4n) is 2.91. The Labute approximate surface area is 169 Å². The van der Waals surface area contributed by atoms with Gasteiger partial charge in [0.05, 0.1) is 16.2 Å². The summed E-state index contributed by atoms with van der Waals surface area (Å²) in [6.07, 6.45) is 1.87. The van der Waals surface area contributed by atoms with E-state index in [1.54, 1.807) is 10.6 Å². The van der Waals surface area contributed by atoms with Gasteiger partial charge in [-0.2, -0.15) is 0 Å². The summed E-state index contributed by atoms with van der Waals surface area (Å²) >= 11 is 1.32. The summed E-state index contributed by atoms with van der Waals surface area (Å²) in [6, 6.07) is 15.0. The lowest BCUT2D eigenvalue weighted by atomic mass is 10.2. The summed E-state index contributed by atoms with van der Waals surface area (Å²) in [5.41, 5.74) is 2.42. The van der Waals surface area contributed by atoms with Gasteiger partial charge < -0.3 is 5.32 Å². The van der Waals surface area contributed by atoms with Crippen molar-refractivity contribution in [2.45, 2.75) is 50.6 Å². The SMILES string of the molecule is CCCCn1c(SC(C)C(=O)Nc2ccccc2C)nc2ccccc2c1=O. The molecule has 0 saturated heterocycles. The van der Waals surface area contributed by atoms with Gasteiger partial charge in [0.25, 0.3) is 5.56 Å². The predicted octanol–water partition coefficient (Wildman–Crippen LogP) is 4.62. The number of rotatable bonds is 7. The number of nitrogens with one attached hydrogen (secondary N) is 1. The number of unbranched alkanes of at least 4 members (excludes halogenated alkanes) is 1. The molecule has 1 atom stereocenters. The van der Waals surface area contributed by atoms with E-state index in [1.807, 2.05) is 56.3 Å². The van der Waals surface area contributed by atoms with Gasteiger partial charge in [0.2, 0.25) is 5.91 Å². The summed E-state index contributed by atoms with van der Waals surface area (Å²) in [6.45, 7) is 6.48. The Bertz CT molecular complexity index is 1050. The number of anilines is 1. The van der Waals surface area contributed by atoms with Crippen LogP contribution in [0.5, 0.6) is 0 Å². The van der Waals surface area contributed by atoms with Crippen LogP contribution in [0, 0.1) is 6.92 Å². The van der Waals surface area contributed by atoms with Crippen molar-refractivity contribution in [2.75, 3.05) is 5.32 Å². The Hall–Kier alpha value is -2.60. The molecule has 1 N–H and O–H groups in total. The standard InChI is InChI=1S/C22H25N3O2S/c1-4-5-14-25-21(27)17-11-7-9-13-19(17)24-22(25)28-16(3)20(26)23-18-12-8-6-10-15(18)2/h6-13,16H,4-5,14H2,1-3H3,(H,23,26). The van der Waals surface area contributed by atoms with Gasteiger partial charge in [0, 0.05) is 12.2 Å². The molecule has 1 unspecified atom stereocenters. The highest BCUT2D eigenvalue weighted by atomic mass is 32.2. The van der Waals surface area contributed by atoms with E-state index in [9.17, 15) is 9.59 Å². The maximum absolute atomic E-state index is 13.0. The third kappa shape index (κ3) is 4.44. The summed E-state index contributed by atoms with van der Waals surface area (Å²) < 4.78 is 1.70. The predicted molar refractivity (Wildman–Crippen MR) is 116 cm³/mol. The van der Waals surface area contributed by atoms with Crippen molar-refractivity contribution < 1.29 is 4.79 Å².